The summed E-state index contributed by atoms with van der Waals surface area (Å²) in [4.78, 5) is 0. The van der Waals surface area contributed by atoms with Gasteiger partial charge in [-0.25, -0.2) is 8.78 Å². The summed E-state index contributed by atoms with van der Waals surface area (Å²) in [5, 5.41) is 4.04. The van der Waals surface area contributed by atoms with E-state index in [4.69, 9.17) is 10.6 Å². The molecule has 0 fully saturated rings. The minimum atomic E-state index is -2.40. The Morgan fingerprint density at radius 2 is 2.31 bits per heavy atom. The molecule has 0 aromatic carbocycles. The van der Waals surface area contributed by atoms with Crippen LogP contribution in [-0.2, 0) is 11.2 Å². The molecule has 0 aliphatic rings. The standard InChI is InChI=1S/C10H16F2N2OS/c11-10(12)6-15-3-1-9(14-13)5-8-2-4-16-7-8/h2,4,7,9-10,14H,1,3,5-6,13H2. The van der Waals surface area contributed by atoms with Crippen molar-refractivity contribution in [1.29, 1.82) is 0 Å². The van der Waals surface area contributed by atoms with E-state index < -0.39 is 13.0 Å². The molecule has 3 nitrogen and oxygen atoms in total. The largest absolute Gasteiger partial charge is 0.375 e. The number of hydrogen-bond acceptors (Lipinski definition) is 4. The zero-order valence-corrected chi connectivity index (χ0v) is 9.68. The minimum absolute atomic E-state index is 0.0623. The van der Waals surface area contributed by atoms with Crippen molar-refractivity contribution in [3.63, 3.8) is 0 Å². The summed E-state index contributed by atoms with van der Waals surface area (Å²) in [6.07, 6.45) is -0.988. The van der Waals surface area contributed by atoms with Gasteiger partial charge in [0.05, 0.1) is 0 Å². The molecule has 0 aliphatic heterocycles. The lowest BCUT2D eigenvalue weighted by Crippen LogP contribution is -2.37. The Hall–Kier alpha value is -0.560. The Bertz CT molecular complexity index is 270. The van der Waals surface area contributed by atoms with Crippen LogP contribution in [0.2, 0.25) is 0 Å². The molecule has 0 spiro atoms. The van der Waals surface area contributed by atoms with Gasteiger partial charge in [0, 0.05) is 12.6 Å². The number of hydrogen-bond donors (Lipinski definition) is 2. The fourth-order valence-corrected chi connectivity index (χ4v) is 2.02. The van der Waals surface area contributed by atoms with Crippen LogP contribution in [0, 0.1) is 0 Å². The predicted octanol–water partition coefficient (Wildman–Crippen LogP) is 1.79. The third-order valence-electron chi connectivity index (χ3n) is 2.15. The second-order valence-corrected chi connectivity index (χ2v) is 4.23. The van der Waals surface area contributed by atoms with E-state index >= 15 is 0 Å². The molecule has 0 amide bonds. The molecule has 1 atom stereocenters. The molecule has 16 heavy (non-hydrogen) atoms. The van der Waals surface area contributed by atoms with Crippen LogP contribution in [0.5, 0.6) is 0 Å². The van der Waals surface area contributed by atoms with Crippen molar-refractivity contribution in [2.24, 2.45) is 5.84 Å². The lowest BCUT2D eigenvalue weighted by atomic mass is 10.1. The molecule has 0 saturated heterocycles. The molecule has 1 heterocycles. The molecule has 6 heteroatoms. The quantitative estimate of drug-likeness (QED) is 0.420. The Kier molecular flexibility index (Phi) is 6.47. The highest BCUT2D eigenvalue weighted by molar-refractivity contribution is 7.07. The van der Waals surface area contributed by atoms with Crippen molar-refractivity contribution in [2.75, 3.05) is 13.2 Å². The maximum absolute atomic E-state index is 11.8. The molecule has 1 aromatic heterocycles. The van der Waals surface area contributed by atoms with E-state index in [-0.39, 0.29) is 6.04 Å². The Morgan fingerprint density at radius 3 is 2.88 bits per heavy atom. The fraction of sp³-hybridized carbons (Fsp3) is 0.600. The van der Waals surface area contributed by atoms with Crippen molar-refractivity contribution in [3.8, 4) is 0 Å². The van der Waals surface area contributed by atoms with E-state index in [9.17, 15) is 8.78 Å². The van der Waals surface area contributed by atoms with Gasteiger partial charge >= 0.3 is 0 Å². The highest BCUT2D eigenvalue weighted by atomic mass is 32.1. The molecule has 1 unspecified atom stereocenters. The van der Waals surface area contributed by atoms with Gasteiger partial charge in [-0.1, -0.05) is 0 Å². The average Bonchev–Trinajstić information content (AvgIpc) is 2.75. The van der Waals surface area contributed by atoms with Crippen LogP contribution < -0.4 is 11.3 Å². The van der Waals surface area contributed by atoms with E-state index in [1.807, 2.05) is 16.8 Å². The molecule has 0 radical (unpaired) electrons. The van der Waals surface area contributed by atoms with Crippen LogP contribution in [0.3, 0.4) is 0 Å². The van der Waals surface area contributed by atoms with Crippen LogP contribution >= 0.6 is 11.3 Å². The lowest BCUT2D eigenvalue weighted by molar-refractivity contribution is 0.0144. The lowest BCUT2D eigenvalue weighted by Gasteiger charge is -2.15. The molecule has 1 aromatic rings. The minimum Gasteiger partial charge on any atom is -0.375 e. The number of alkyl halides is 2. The van der Waals surface area contributed by atoms with E-state index in [2.05, 4.69) is 5.43 Å². The number of hydrazine groups is 1. The normalized spacial score (nSPS) is 13.2. The summed E-state index contributed by atoms with van der Waals surface area (Å²) in [5.41, 5.74) is 3.86. The van der Waals surface area contributed by atoms with Crippen LogP contribution in [0.4, 0.5) is 8.78 Å². The summed E-state index contributed by atoms with van der Waals surface area (Å²) in [7, 11) is 0. The molecule has 92 valence electrons. The number of halogens is 2. The van der Waals surface area contributed by atoms with E-state index in [0.717, 1.165) is 6.42 Å². The number of ether oxygens (including phenoxy) is 1. The number of rotatable bonds is 8. The topological polar surface area (TPSA) is 47.3 Å². The molecule has 3 N–H and O–H groups in total. The fourth-order valence-electron chi connectivity index (χ4n) is 1.34. The summed E-state index contributed by atoms with van der Waals surface area (Å²) in [6.45, 7) is -0.209. The monoisotopic (exact) mass is 250 g/mol. The van der Waals surface area contributed by atoms with Crippen molar-refractivity contribution in [2.45, 2.75) is 25.3 Å². The second kappa shape index (κ2) is 7.67. The number of thiophene rings is 1. The van der Waals surface area contributed by atoms with Gasteiger partial charge < -0.3 is 4.74 Å². The highest BCUT2D eigenvalue weighted by Crippen LogP contribution is 2.10. The summed E-state index contributed by atoms with van der Waals surface area (Å²) < 4.78 is 28.4. The van der Waals surface area contributed by atoms with Gasteiger partial charge in [0.1, 0.15) is 6.61 Å². The number of nitrogens with two attached hydrogens (primary N) is 1. The van der Waals surface area contributed by atoms with Gasteiger partial charge in [-0.15, -0.1) is 0 Å². The van der Waals surface area contributed by atoms with E-state index in [0.29, 0.717) is 13.0 Å². The average molecular weight is 250 g/mol. The first-order valence-electron chi connectivity index (χ1n) is 5.05. The number of nitrogens with one attached hydrogen (secondary N) is 1. The van der Waals surface area contributed by atoms with Crippen molar-refractivity contribution in [1.82, 2.24) is 5.43 Å². The van der Waals surface area contributed by atoms with Gasteiger partial charge in [0.25, 0.3) is 6.43 Å². The first-order chi connectivity index (χ1) is 7.72. The zero-order chi connectivity index (χ0) is 11.8. The maximum Gasteiger partial charge on any atom is 0.261 e. The molecule has 0 saturated carbocycles. The molecule has 1 rings (SSSR count). The van der Waals surface area contributed by atoms with E-state index in [1.54, 1.807) is 11.3 Å². The van der Waals surface area contributed by atoms with Crippen LogP contribution in [0.15, 0.2) is 16.8 Å². The van der Waals surface area contributed by atoms with Gasteiger partial charge in [-0.3, -0.25) is 11.3 Å². The van der Waals surface area contributed by atoms with Crippen molar-refractivity contribution in [3.05, 3.63) is 22.4 Å². The molecule has 0 aliphatic carbocycles. The third-order valence-corrected chi connectivity index (χ3v) is 2.88. The SMILES string of the molecule is NNC(CCOCC(F)F)Cc1ccsc1. The van der Waals surface area contributed by atoms with Gasteiger partial charge in [-0.2, -0.15) is 11.3 Å². The first kappa shape index (κ1) is 13.5. The molecular formula is C10H16F2N2OS. The predicted molar refractivity (Wildman–Crippen MR) is 60.6 cm³/mol. The summed E-state index contributed by atoms with van der Waals surface area (Å²) in [6, 6.07) is 2.09. The van der Waals surface area contributed by atoms with Crippen LogP contribution in [0.25, 0.3) is 0 Å². The molecular weight excluding hydrogens is 234 g/mol. The van der Waals surface area contributed by atoms with Crippen molar-refractivity contribution >= 4 is 11.3 Å². The Labute approximate surface area is 97.6 Å². The first-order valence-corrected chi connectivity index (χ1v) is 5.99. The van der Waals surface area contributed by atoms with Gasteiger partial charge in [0.15, 0.2) is 0 Å². The van der Waals surface area contributed by atoms with E-state index in [1.165, 1.54) is 5.56 Å². The summed E-state index contributed by atoms with van der Waals surface area (Å²) >= 11 is 1.63. The van der Waals surface area contributed by atoms with Gasteiger partial charge in [0.2, 0.25) is 0 Å². The van der Waals surface area contributed by atoms with Crippen LogP contribution in [-0.4, -0.2) is 25.7 Å². The summed E-state index contributed by atoms with van der Waals surface area (Å²) in [5.74, 6) is 5.38. The molecule has 0 bridgehead atoms. The third kappa shape index (κ3) is 5.50. The van der Waals surface area contributed by atoms with Crippen molar-refractivity contribution < 1.29 is 13.5 Å². The smallest absolute Gasteiger partial charge is 0.261 e. The second-order valence-electron chi connectivity index (χ2n) is 3.45. The maximum atomic E-state index is 11.8. The highest BCUT2D eigenvalue weighted by Gasteiger charge is 2.09. The Balaban J connectivity index is 2.17. The van der Waals surface area contributed by atoms with Crippen LogP contribution in [0.1, 0.15) is 12.0 Å². The van der Waals surface area contributed by atoms with Gasteiger partial charge in [-0.05, 0) is 35.2 Å². The Morgan fingerprint density at radius 1 is 1.50 bits per heavy atom. The zero-order valence-electron chi connectivity index (χ0n) is 8.86.